The molecule has 0 fully saturated rings. The molecule has 0 saturated carbocycles. The summed E-state index contributed by atoms with van der Waals surface area (Å²) in [6.45, 7) is 0. The Hall–Kier alpha value is -7.14. The van der Waals surface area contributed by atoms with Crippen molar-refractivity contribution in [2.24, 2.45) is 0 Å². The van der Waals surface area contributed by atoms with Crippen LogP contribution < -0.4 is 0 Å². The van der Waals surface area contributed by atoms with Crippen LogP contribution in [0.3, 0.4) is 0 Å². The topological polar surface area (TPSA) is 80.5 Å². The Morgan fingerprint density at radius 1 is 0.528 bits per heavy atom. The van der Waals surface area contributed by atoms with E-state index in [-0.39, 0.29) is 0 Å². The van der Waals surface area contributed by atoms with Crippen molar-refractivity contribution >= 4 is 75.3 Å². The lowest BCUT2D eigenvalue weighted by Gasteiger charge is -2.14. The molecule has 0 radical (unpaired) electrons. The highest BCUT2D eigenvalue weighted by atomic mass is 32.1. The van der Waals surface area contributed by atoms with Crippen molar-refractivity contribution in [1.29, 1.82) is 5.26 Å². The van der Waals surface area contributed by atoms with Crippen LogP contribution in [0.25, 0.3) is 104 Å². The number of thiophene rings is 1. The summed E-state index contributed by atoms with van der Waals surface area (Å²) < 4.78 is 11.6. The number of benzene rings is 7. The first-order chi connectivity index (χ1) is 26.2. The van der Waals surface area contributed by atoms with E-state index in [4.69, 9.17) is 19.4 Å². The zero-order chi connectivity index (χ0) is 35.0. The second kappa shape index (κ2) is 11.4. The van der Waals surface area contributed by atoms with Gasteiger partial charge in [-0.1, -0.05) is 115 Å². The monoisotopic (exact) mass is 695 g/mol. The van der Waals surface area contributed by atoms with Crippen molar-refractivity contribution in [2.75, 3.05) is 0 Å². The van der Waals surface area contributed by atoms with Gasteiger partial charge in [-0.05, 0) is 36.4 Å². The number of nitrogens with zero attached hydrogens (tertiary/aromatic N) is 5. The van der Waals surface area contributed by atoms with Crippen molar-refractivity contribution in [3.8, 4) is 45.9 Å². The van der Waals surface area contributed by atoms with Crippen molar-refractivity contribution in [2.45, 2.75) is 0 Å². The zero-order valence-electron chi connectivity index (χ0n) is 28.0. The molecular formula is C46H25N5OS. The van der Waals surface area contributed by atoms with Crippen LogP contribution in [0.2, 0.25) is 0 Å². The second-order valence-electron chi connectivity index (χ2n) is 13.1. The molecule has 0 atom stereocenters. The maximum atomic E-state index is 11.0. The molecule has 0 bridgehead atoms. The molecular weight excluding hydrogens is 671 g/mol. The largest absolute Gasteiger partial charge is 0.454 e. The van der Waals surface area contributed by atoms with Gasteiger partial charge < -0.3 is 8.98 Å². The molecule has 7 aromatic carbocycles. The Bertz CT molecular complexity index is 3240. The van der Waals surface area contributed by atoms with Crippen LogP contribution in [0.1, 0.15) is 5.56 Å². The van der Waals surface area contributed by atoms with E-state index in [9.17, 15) is 5.26 Å². The number of hydrogen-bond acceptors (Lipinski definition) is 6. The van der Waals surface area contributed by atoms with Gasteiger partial charge in [0.1, 0.15) is 5.58 Å². The normalized spacial score (nSPS) is 11.8. The van der Waals surface area contributed by atoms with E-state index in [0.29, 0.717) is 39.8 Å². The van der Waals surface area contributed by atoms with E-state index in [1.54, 1.807) is 0 Å². The van der Waals surface area contributed by atoms with Gasteiger partial charge in [0.2, 0.25) is 0 Å². The van der Waals surface area contributed by atoms with E-state index in [2.05, 4.69) is 71.3 Å². The van der Waals surface area contributed by atoms with E-state index in [1.807, 2.05) is 102 Å². The van der Waals surface area contributed by atoms with Crippen LogP contribution in [-0.2, 0) is 0 Å². The molecule has 0 aliphatic heterocycles. The predicted molar refractivity (Wildman–Crippen MR) is 215 cm³/mol. The van der Waals surface area contributed by atoms with E-state index < -0.39 is 0 Å². The lowest BCUT2D eigenvalue weighted by Crippen LogP contribution is -2.03. The minimum Gasteiger partial charge on any atom is -0.454 e. The summed E-state index contributed by atoms with van der Waals surface area (Å²) in [5.74, 6) is 1.46. The maximum Gasteiger partial charge on any atom is 0.166 e. The summed E-state index contributed by atoms with van der Waals surface area (Å²) in [5, 5.41) is 17.4. The Morgan fingerprint density at radius 2 is 1.15 bits per heavy atom. The maximum absolute atomic E-state index is 11.0. The Balaban J connectivity index is 1.27. The molecule has 11 rings (SSSR count). The quantitative estimate of drug-likeness (QED) is 0.183. The zero-order valence-corrected chi connectivity index (χ0v) is 28.8. The van der Waals surface area contributed by atoms with Gasteiger partial charge in [-0.2, -0.15) is 5.26 Å². The van der Waals surface area contributed by atoms with Crippen LogP contribution in [0.4, 0.5) is 0 Å². The summed E-state index contributed by atoms with van der Waals surface area (Å²) >= 11 is 1.81. The SMILES string of the molecule is N#Cc1cc(-n2c3ccccc3c3cc4sc5ccccc5c4cc32)c2oc3ccccc3c2c1-c1nc(-c2ccccc2)nc(-c2ccccc2)n1. The van der Waals surface area contributed by atoms with Crippen LogP contribution >= 0.6 is 11.3 Å². The van der Waals surface area contributed by atoms with Crippen LogP contribution in [-0.4, -0.2) is 19.5 Å². The number of nitriles is 1. The molecule has 0 spiro atoms. The lowest BCUT2D eigenvalue weighted by molar-refractivity contribution is 0.666. The third-order valence-corrected chi connectivity index (χ3v) is 11.2. The number of furan rings is 1. The minimum absolute atomic E-state index is 0.408. The Labute approximate surface area is 306 Å². The van der Waals surface area contributed by atoms with Crippen molar-refractivity contribution in [1.82, 2.24) is 19.5 Å². The molecule has 0 unspecified atom stereocenters. The van der Waals surface area contributed by atoms with Crippen LogP contribution in [0, 0.1) is 11.3 Å². The van der Waals surface area contributed by atoms with Gasteiger partial charge in [0, 0.05) is 58.4 Å². The third-order valence-electron chi connectivity index (χ3n) is 10.1. The van der Waals surface area contributed by atoms with Crippen molar-refractivity contribution < 1.29 is 4.42 Å². The van der Waals surface area contributed by atoms with Gasteiger partial charge in [-0.25, -0.2) is 15.0 Å². The number of hydrogen-bond donors (Lipinski definition) is 0. The summed E-state index contributed by atoms with van der Waals surface area (Å²) in [6.07, 6.45) is 0. The fraction of sp³-hybridized carbons (Fsp3) is 0. The number of fused-ring (bicyclic) bond motifs is 9. The van der Waals surface area contributed by atoms with Crippen molar-refractivity contribution in [3.63, 3.8) is 0 Å². The molecule has 0 saturated heterocycles. The molecule has 6 nitrogen and oxygen atoms in total. The first kappa shape index (κ1) is 29.6. The highest BCUT2D eigenvalue weighted by molar-refractivity contribution is 7.25. The van der Waals surface area contributed by atoms with Crippen LogP contribution in [0.15, 0.2) is 156 Å². The number of para-hydroxylation sites is 2. The van der Waals surface area contributed by atoms with Gasteiger partial charge in [0.25, 0.3) is 0 Å². The average molecular weight is 696 g/mol. The van der Waals surface area contributed by atoms with Gasteiger partial charge in [0.15, 0.2) is 23.1 Å². The fourth-order valence-electron chi connectivity index (χ4n) is 7.74. The molecule has 0 aliphatic carbocycles. The number of aromatic nitrogens is 4. The van der Waals surface area contributed by atoms with Crippen LogP contribution in [0.5, 0.6) is 0 Å². The van der Waals surface area contributed by atoms with E-state index >= 15 is 0 Å². The molecule has 0 N–H and O–H groups in total. The number of rotatable bonds is 4. The minimum atomic E-state index is 0.408. The second-order valence-corrected chi connectivity index (χ2v) is 14.2. The molecule has 0 amide bonds. The average Bonchev–Trinajstić information content (AvgIpc) is 3.89. The standard InChI is InChI=1S/C46H25N5OS/c47-26-29-23-37(51-35-20-10-7-17-30(35)33-25-40-34(24-36(33)51)31-18-9-12-22-39(31)53-40)43-42(32-19-8-11-21-38(32)52-43)41(29)46-49-44(27-13-3-1-4-14-27)48-45(50-46)28-15-5-2-6-16-28/h1-25H. The van der Waals surface area contributed by atoms with Gasteiger partial charge >= 0.3 is 0 Å². The summed E-state index contributed by atoms with van der Waals surface area (Å²) in [5.41, 5.74) is 6.98. The summed E-state index contributed by atoms with van der Waals surface area (Å²) in [4.78, 5) is 15.1. The molecule has 246 valence electrons. The van der Waals surface area contributed by atoms with E-state index in [0.717, 1.165) is 49.4 Å². The summed E-state index contributed by atoms with van der Waals surface area (Å²) in [6, 6.07) is 53.9. The van der Waals surface area contributed by atoms with Gasteiger partial charge in [-0.15, -0.1) is 11.3 Å². The Kier molecular flexibility index (Phi) is 6.38. The first-order valence-electron chi connectivity index (χ1n) is 17.3. The summed E-state index contributed by atoms with van der Waals surface area (Å²) in [7, 11) is 0. The van der Waals surface area contributed by atoms with E-state index in [1.165, 1.54) is 20.2 Å². The smallest absolute Gasteiger partial charge is 0.166 e. The molecule has 11 aromatic rings. The first-order valence-corrected chi connectivity index (χ1v) is 18.2. The lowest BCUT2D eigenvalue weighted by atomic mass is 9.98. The van der Waals surface area contributed by atoms with Gasteiger partial charge in [-0.3, -0.25) is 0 Å². The predicted octanol–water partition coefficient (Wildman–Crippen LogP) is 12.1. The van der Waals surface area contributed by atoms with Crippen molar-refractivity contribution in [3.05, 3.63) is 157 Å². The molecule has 4 heterocycles. The molecule has 4 aromatic heterocycles. The highest BCUT2D eigenvalue weighted by Crippen LogP contribution is 2.45. The molecule has 53 heavy (non-hydrogen) atoms. The molecule has 7 heteroatoms. The Morgan fingerprint density at radius 3 is 1.89 bits per heavy atom. The third kappa shape index (κ3) is 4.46. The fourth-order valence-corrected chi connectivity index (χ4v) is 8.86. The van der Waals surface area contributed by atoms with Gasteiger partial charge in [0.05, 0.1) is 28.4 Å². The highest BCUT2D eigenvalue weighted by Gasteiger charge is 2.26. The molecule has 0 aliphatic rings.